The van der Waals surface area contributed by atoms with Crippen molar-refractivity contribution in [1.29, 1.82) is 0 Å². The molecule has 6 heteroatoms. The molecule has 0 aliphatic heterocycles. The van der Waals surface area contributed by atoms with Gasteiger partial charge in [0.05, 0.1) is 13.7 Å². The topological polar surface area (TPSA) is 67.9 Å². The van der Waals surface area contributed by atoms with Crippen molar-refractivity contribution >= 4 is 11.8 Å². The van der Waals surface area contributed by atoms with Crippen LogP contribution < -0.4 is 14.8 Å². The summed E-state index contributed by atoms with van der Waals surface area (Å²) in [5, 5.41) is 2.89. The fourth-order valence-corrected chi connectivity index (χ4v) is 3.14. The van der Waals surface area contributed by atoms with Crippen molar-refractivity contribution in [3.63, 3.8) is 0 Å². The van der Waals surface area contributed by atoms with Gasteiger partial charge in [-0.3, -0.25) is 9.59 Å². The Morgan fingerprint density at radius 1 is 1.10 bits per heavy atom. The van der Waals surface area contributed by atoms with Gasteiger partial charge in [0.1, 0.15) is 17.5 Å². The van der Waals surface area contributed by atoms with Gasteiger partial charge in [-0.15, -0.1) is 0 Å². The third-order valence-corrected chi connectivity index (χ3v) is 5.03. The molecule has 2 rings (SSSR count). The summed E-state index contributed by atoms with van der Waals surface area (Å²) in [5.41, 5.74) is 2.09. The average molecular weight is 427 g/mol. The van der Waals surface area contributed by atoms with Crippen LogP contribution in [-0.2, 0) is 16.1 Å². The molecule has 2 amide bonds. The molecule has 168 valence electrons. The van der Waals surface area contributed by atoms with Crippen LogP contribution in [0.25, 0.3) is 0 Å². The summed E-state index contributed by atoms with van der Waals surface area (Å²) >= 11 is 0. The van der Waals surface area contributed by atoms with Gasteiger partial charge >= 0.3 is 0 Å². The van der Waals surface area contributed by atoms with Gasteiger partial charge in [0, 0.05) is 19.5 Å². The first-order valence-electron chi connectivity index (χ1n) is 10.8. The Kier molecular flexibility index (Phi) is 9.88. The highest BCUT2D eigenvalue weighted by Crippen LogP contribution is 2.17. The standard InChI is InChI=1S/C25H34N2O4/c1-5-15-26-25(29)20(3)27(18-21-8-6-9-23(17-21)30-4)24(28)10-7-16-31-22-13-11-19(2)12-14-22/h6,8-9,11-14,17,20H,5,7,10,15-16,18H2,1-4H3,(H,26,29). The molecule has 0 saturated heterocycles. The number of methoxy groups -OCH3 is 1. The molecule has 0 bridgehead atoms. The van der Waals surface area contributed by atoms with E-state index in [0.29, 0.717) is 32.5 Å². The normalized spacial score (nSPS) is 11.5. The lowest BCUT2D eigenvalue weighted by molar-refractivity contribution is -0.140. The minimum Gasteiger partial charge on any atom is -0.497 e. The number of ether oxygens (including phenoxy) is 2. The lowest BCUT2D eigenvalue weighted by atomic mass is 10.1. The Labute approximate surface area is 185 Å². The van der Waals surface area contributed by atoms with Crippen LogP contribution in [0, 0.1) is 6.92 Å². The molecule has 31 heavy (non-hydrogen) atoms. The van der Waals surface area contributed by atoms with Crippen molar-refractivity contribution in [2.24, 2.45) is 0 Å². The van der Waals surface area contributed by atoms with Gasteiger partial charge in [-0.05, 0) is 56.5 Å². The molecule has 0 aliphatic rings. The van der Waals surface area contributed by atoms with Crippen molar-refractivity contribution in [3.8, 4) is 11.5 Å². The third-order valence-electron chi connectivity index (χ3n) is 5.03. The molecule has 2 aromatic rings. The number of nitrogens with zero attached hydrogens (tertiary/aromatic N) is 1. The highest BCUT2D eigenvalue weighted by Gasteiger charge is 2.25. The lowest BCUT2D eigenvalue weighted by Crippen LogP contribution is -2.47. The smallest absolute Gasteiger partial charge is 0.242 e. The van der Waals surface area contributed by atoms with Gasteiger partial charge in [-0.1, -0.05) is 36.8 Å². The zero-order valence-corrected chi connectivity index (χ0v) is 19.0. The molecule has 0 saturated carbocycles. The van der Waals surface area contributed by atoms with Crippen molar-refractivity contribution < 1.29 is 19.1 Å². The fourth-order valence-electron chi connectivity index (χ4n) is 3.14. The van der Waals surface area contributed by atoms with Crippen molar-refractivity contribution in [2.75, 3.05) is 20.3 Å². The number of carbonyl (C=O) groups is 2. The van der Waals surface area contributed by atoms with E-state index in [0.717, 1.165) is 23.5 Å². The number of carbonyl (C=O) groups excluding carboxylic acids is 2. The molecule has 0 spiro atoms. The number of benzene rings is 2. The van der Waals surface area contributed by atoms with Gasteiger partial charge in [0.25, 0.3) is 0 Å². The maximum absolute atomic E-state index is 13.0. The largest absolute Gasteiger partial charge is 0.497 e. The first-order valence-corrected chi connectivity index (χ1v) is 10.8. The van der Waals surface area contributed by atoms with Crippen LogP contribution in [0.1, 0.15) is 44.2 Å². The van der Waals surface area contributed by atoms with Gasteiger partial charge in [0.2, 0.25) is 11.8 Å². The van der Waals surface area contributed by atoms with Crippen LogP contribution in [0.5, 0.6) is 11.5 Å². The Hall–Kier alpha value is -3.02. The van der Waals surface area contributed by atoms with Crippen LogP contribution in [0.4, 0.5) is 0 Å². The van der Waals surface area contributed by atoms with E-state index in [9.17, 15) is 9.59 Å². The van der Waals surface area contributed by atoms with E-state index in [1.165, 1.54) is 5.56 Å². The second-order valence-corrected chi connectivity index (χ2v) is 7.61. The van der Waals surface area contributed by atoms with Crippen LogP contribution in [0.15, 0.2) is 48.5 Å². The predicted octanol–water partition coefficient (Wildman–Crippen LogP) is 4.11. The lowest BCUT2D eigenvalue weighted by Gasteiger charge is -2.29. The van der Waals surface area contributed by atoms with Crippen LogP contribution >= 0.6 is 0 Å². The van der Waals surface area contributed by atoms with Crippen LogP contribution in [-0.4, -0.2) is 43.0 Å². The second-order valence-electron chi connectivity index (χ2n) is 7.61. The molecule has 0 radical (unpaired) electrons. The molecule has 0 aliphatic carbocycles. The van der Waals surface area contributed by atoms with Crippen molar-refractivity contribution in [2.45, 2.75) is 52.6 Å². The van der Waals surface area contributed by atoms with Gasteiger partial charge < -0.3 is 19.7 Å². The van der Waals surface area contributed by atoms with Gasteiger partial charge in [-0.25, -0.2) is 0 Å². The molecule has 0 aromatic heterocycles. The monoisotopic (exact) mass is 426 g/mol. The van der Waals surface area contributed by atoms with Gasteiger partial charge in [0.15, 0.2) is 0 Å². The van der Waals surface area contributed by atoms with Crippen molar-refractivity contribution in [1.82, 2.24) is 10.2 Å². The molecule has 1 N–H and O–H groups in total. The highest BCUT2D eigenvalue weighted by molar-refractivity contribution is 5.87. The minimum atomic E-state index is -0.566. The highest BCUT2D eigenvalue weighted by atomic mass is 16.5. The molecule has 6 nitrogen and oxygen atoms in total. The number of aryl methyl sites for hydroxylation is 1. The maximum atomic E-state index is 13.0. The quantitative estimate of drug-likeness (QED) is 0.519. The number of hydrogen-bond donors (Lipinski definition) is 1. The number of hydrogen-bond acceptors (Lipinski definition) is 4. The summed E-state index contributed by atoms with van der Waals surface area (Å²) in [7, 11) is 1.61. The number of amides is 2. The summed E-state index contributed by atoms with van der Waals surface area (Å²) in [5.74, 6) is 1.29. The molecule has 0 fully saturated rings. The number of rotatable bonds is 12. The number of nitrogens with one attached hydrogen (secondary N) is 1. The zero-order valence-electron chi connectivity index (χ0n) is 19.0. The Morgan fingerprint density at radius 2 is 1.84 bits per heavy atom. The molecule has 1 unspecified atom stereocenters. The summed E-state index contributed by atoms with van der Waals surface area (Å²) in [6.07, 6.45) is 1.73. The van der Waals surface area contributed by atoms with E-state index in [1.54, 1.807) is 18.9 Å². The van der Waals surface area contributed by atoms with E-state index < -0.39 is 6.04 Å². The third kappa shape index (κ3) is 7.96. The SMILES string of the molecule is CCCNC(=O)C(C)N(Cc1cccc(OC)c1)C(=O)CCCOc1ccc(C)cc1. The summed E-state index contributed by atoms with van der Waals surface area (Å²) in [4.78, 5) is 27.2. The van der Waals surface area contributed by atoms with Gasteiger partial charge in [-0.2, -0.15) is 0 Å². The first-order chi connectivity index (χ1) is 14.9. The summed E-state index contributed by atoms with van der Waals surface area (Å²) in [6, 6.07) is 14.8. The summed E-state index contributed by atoms with van der Waals surface area (Å²) in [6.45, 7) is 7.17. The summed E-state index contributed by atoms with van der Waals surface area (Å²) < 4.78 is 11.0. The van der Waals surface area contributed by atoms with E-state index in [1.807, 2.05) is 62.4 Å². The van der Waals surface area contributed by atoms with E-state index in [4.69, 9.17) is 9.47 Å². The Bertz CT molecular complexity index is 836. The van der Waals surface area contributed by atoms with Crippen molar-refractivity contribution in [3.05, 3.63) is 59.7 Å². The van der Waals surface area contributed by atoms with Crippen LogP contribution in [0.2, 0.25) is 0 Å². The molecular formula is C25H34N2O4. The zero-order chi connectivity index (χ0) is 22.6. The Balaban J connectivity index is 2.00. The van der Waals surface area contributed by atoms with E-state index in [-0.39, 0.29) is 11.8 Å². The maximum Gasteiger partial charge on any atom is 0.242 e. The first kappa shape index (κ1) is 24.3. The Morgan fingerprint density at radius 3 is 2.52 bits per heavy atom. The minimum absolute atomic E-state index is 0.0746. The van der Waals surface area contributed by atoms with E-state index in [2.05, 4.69) is 5.32 Å². The second kappa shape index (κ2) is 12.6. The average Bonchev–Trinajstić information content (AvgIpc) is 2.79. The predicted molar refractivity (Wildman–Crippen MR) is 122 cm³/mol. The molecular weight excluding hydrogens is 392 g/mol. The molecule has 2 aromatic carbocycles. The fraction of sp³-hybridized carbons (Fsp3) is 0.440. The molecule has 0 heterocycles. The van der Waals surface area contributed by atoms with E-state index >= 15 is 0 Å². The molecule has 1 atom stereocenters. The van der Waals surface area contributed by atoms with Crippen LogP contribution in [0.3, 0.4) is 0 Å².